The zero-order valence-electron chi connectivity index (χ0n) is 15.6. The number of aromatic nitrogens is 4. The molecule has 3 heterocycles. The minimum Gasteiger partial charge on any atom is -0.388 e. The Bertz CT molecular complexity index is 1170. The van der Waals surface area contributed by atoms with E-state index in [2.05, 4.69) is 9.97 Å². The maximum atomic E-state index is 13.0. The fourth-order valence-corrected chi connectivity index (χ4v) is 3.72. The van der Waals surface area contributed by atoms with E-state index in [-0.39, 0.29) is 12.5 Å². The van der Waals surface area contributed by atoms with Crippen LogP contribution in [0.5, 0.6) is 0 Å². The van der Waals surface area contributed by atoms with Crippen LogP contribution in [0.2, 0.25) is 0 Å². The van der Waals surface area contributed by atoms with Crippen LogP contribution >= 0.6 is 0 Å². The molecule has 0 unspecified atom stereocenters. The van der Waals surface area contributed by atoms with Gasteiger partial charge in [0.15, 0.2) is 0 Å². The summed E-state index contributed by atoms with van der Waals surface area (Å²) in [5.74, 6) is -0.189. The molecule has 3 aromatic rings. The summed E-state index contributed by atoms with van der Waals surface area (Å²) in [5.41, 5.74) is -0.152. The van der Waals surface area contributed by atoms with Crippen molar-refractivity contribution in [1.82, 2.24) is 24.0 Å². The predicted molar refractivity (Wildman–Crippen MR) is 102 cm³/mol. The molecule has 1 aliphatic heterocycles. The molecule has 4 rings (SSSR count). The Kier molecular flexibility index (Phi) is 4.19. The van der Waals surface area contributed by atoms with Gasteiger partial charge in [-0.1, -0.05) is 0 Å². The molecule has 9 nitrogen and oxygen atoms in total. The molecule has 0 radical (unpaired) electrons. The molecule has 1 amide bonds. The maximum Gasteiger partial charge on any atom is 0.328 e. The summed E-state index contributed by atoms with van der Waals surface area (Å²) in [6.07, 6.45) is 3.35. The number of nitrogens with one attached hydrogen (secondary N) is 1. The number of rotatable bonds is 2. The third kappa shape index (κ3) is 3.03. The first-order valence-corrected chi connectivity index (χ1v) is 9.00. The number of amides is 1. The Hall–Kier alpha value is -3.20. The van der Waals surface area contributed by atoms with E-state index in [1.165, 1.54) is 16.8 Å². The Balaban J connectivity index is 1.65. The number of benzene rings is 1. The Morgan fingerprint density at radius 1 is 1.32 bits per heavy atom. The summed E-state index contributed by atoms with van der Waals surface area (Å²) in [4.78, 5) is 44.7. The van der Waals surface area contributed by atoms with Crippen LogP contribution in [-0.2, 0) is 7.05 Å². The van der Waals surface area contributed by atoms with Crippen LogP contribution in [0, 0.1) is 0 Å². The van der Waals surface area contributed by atoms with Crippen molar-refractivity contribution in [3.63, 3.8) is 0 Å². The van der Waals surface area contributed by atoms with Crippen LogP contribution in [-0.4, -0.2) is 53.7 Å². The van der Waals surface area contributed by atoms with E-state index < -0.39 is 22.9 Å². The number of hydrogen-bond acceptors (Lipinski definition) is 5. The van der Waals surface area contributed by atoms with E-state index in [1.54, 1.807) is 30.3 Å². The van der Waals surface area contributed by atoms with E-state index in [9.17, 15) is 19.5 Å². The van der Waals surface area contributed by atoms with Gasteiger partial charge in [0.1, 0.15) is 0 Å². The minimum absolute atomic E-state index is 0.151. The van der Waals surface area contributed by atoms with E-state index in [4.69, 9.17) is 0 Å². The highest BCUT2D eigenvalue weighted by Crippen LogP contribution is 2.31. The molecular weight excluding hydrogens is 362 g/mol. The molecule has 9 heteroatoms. The molecule has 1 fully saturated rings. The van der Waals surface area contributed by atoms with Gasteiger partial charge in [-0.05, 0) is 31.5 Å². The van der Waals surface area contributed by atoms with Gasteiger partial charge in [0.25, 0.3) is 11.5 Å². The molecule has 1 aliphatic rings. The van der Waals surface area contributed by atoms with Gasteiger partial charge in [-0.3, -0.25) is 19.1 Å². The molecule has 2 aromatic heterocycles. The zero-order chi connectivity index (χ0) is 20.1. The third-order valence-corrected chi connectivity index (χ3v) is 5.45. The van der Waals surface area contributed by atoms with E-state index >= 15 is 0 Å². The van der Waals surface area contributed by atoms with Crippen molar-refractivity contribution in [3.8, 4) is 0 Å². The van der Waals surface area contributed by atoms with Crippen LogP contribution in [0.25, 0.3) is 11.0 Å². The molecule has 2 N–H and O–H groups in total. The minimum atomic E-state index is -1.19. The summed E-state index contributed by atoms with van der Waals surface area (Å²) in [5, 5.41) is 10.8. The predicted octanol–water partition coefficient (Wildman–Crippen LogP) is 0.262. The fraction of sp³-hybridized carbons (Fsp3) is 0.368. The number of hydrogen-bond donors (Lipinski definition) is 2. The van der Waals surface area contributed by atoms with Crippen molar-refractivity contribution in [2.24, 2.45) is 7.05 Å². The van der Waals surface area contributed by atoms with Crippen molar-refractivity contribution >= 4 is 16.9 Å². The lowest BCUT2D eigenvalue weighted by Gasteiger charge is -2.43. The topological polar surface area (TPSA) is 113 Å². The van der Waals surface area contributed by atoms with Crippen LogP contribution in [0.1, 0.15) is 29.7 Å². The number of nitrogens with zero attached hydrogens (tertiary/aromatic N) is 4. The summed E-state index contributed by atoms with van der Waals surface area (Å²) in [6, 6.07) is 5.90. The second-order valence-electron chi connectivity index (χ2n) is 7.45. The van der Waals surface area contributed by atoms with Gasteiger partial charge in [0.2, 0.25) is 0 Å². The highest BCUT2D eigenvalue weighted by molar-refractivity contribution is 5.97. The Labute approximate surface area is 159 Å². The van der Waals surface area contributed by atoms with Crippen LogP contribution in [0.3, 0.4) is 0 Å². The molecule has 0 spiro atoms. The van der Waals surface area contributed by atoms with Gasteiger partial charge >= 0.3 is 5.69 Å². The zero-order valence-corrected chi connectivity index (χ0v) is 15.6. The first-order valence-electron chi connectivity index (χ1n) is 9.00. The van der Waals surface area contributed by atoms with Crippen molar-refractivity contribution < 1.29 is 9.90 Å². The number of carbonyl (C=O) groups is 1. The number of imidazole rings is 1. The second kappa shape index (κ2) is 6.45. The molecule has 28 heavy (non-hydrogen) atoms. The first kappa shape index (κ1) is 18.2. The highest BCUT2D eigenvalue weighted by Gasteiger charge is 2.41. The molecule has 0 bridgehead atoms. The van der Waals surface area contributed by atoms with Crippen molar-refractivity contribution in [2.75, 3.05) is 13.1 Å². The number of aliphatic hydroxyl groups is 1. The van der Waals surface area contributed by atoms with Crippen LogP contribution in [0.15, 0.2) is 46.4 Å². The Morgan fingerprint density at radius 3 is 2.86 bits per heavy atom. The summed E-state index contributed by atoms with van der Waals surface area (Å²) in [6.45, 7) is 2.15. The average Bonchev–Trinajstić information content (AvgIpc) is 3.02. The van der Waals surface area contributed by atoms with Gasteiger partial charge in [-0.25, -0.2) is 9.78 Å². The lowest BCUT2D eigenvalue weighted by atomic mass is 9.87. The molecule has 1 aromatic carbocycles. The smallest absolute Gasteiger partial charge is 0.328 e. The molecule has 146 valence electrons. The van der Waals surface area contributed by atoms with Crippen molar-refractivity contribution in [1.29, 1.82) is 0 Å². The Morgan fingerprint density at radius 2 is 2.11 bits per heavy atom. The number of fused-ring (bicyclic) bond motifs is 1. The van der Waals surface area contributed by atoms with Crippen LogP contribution < -0.4 is 11.2 Å². The van der Waals surface area contributed by atoms with Gasteiger partial charge in [0.05, 0.1) is 29.0 Å². The maximum absolute atomic E-state index is 13.0. The first-order chi connectivity index (χ1) is 13.3. The van der Waals surface area contributed by atoms with Crippen molar-refractivity contribution in [3.05, 3.63) is 63.2 Å². The average molecular weight is 383 g/mol. The third-order valence-electron chi connectivity index (χ3n) is 5.45. The van der Waals surface area contributed by atoms with Gasteiger partial charge in [-0.2, -0.15) is 0 Å². The molecule has 0 saturated carbocycles. The SMILES string of the molecule is Cn1cnc2cc(C(=O)N3CC[C@@](C)(O)[C@H](n4ccc(=O)[nH]c4=O)C3)ccc21. The number of H-pyrrole nitrogens is 1. The normalized spacial score (nSPS) is 22.5. The quantitative estimate of drug-likeness (QED) is 0.659. The van der Waals surface area contributed by atoms with Crippen molar-refractivity contribution in [2.45, 2.75) is 25.0 Å². The number of likely N-dealkylation sites (tertiary alicyclic amines) is 1. The molecular formula is C19H21N5O4. The van der Waals surface area contributed by atoms with E-state index in [1.807, 2.05) is 17.7 Å². The standard InChI is InChI=1S/C19H21N5O4/c1-19(28)6-8-23(10-15(19)24-7-5-16(25)21-18(24)27)17(26)12-3-4-14-13(9-12)20-11-22(14)2/h3-5,7,9,11,15,28H,6,8,10H2,1-2H3,(H,21,25,27)/t15-,19-/m1/s1. The lowest BCUT2D eigenvalue weighted by molar-refractivity contribution is -0.0459. The van der Waals surface area contributed by atoms with E-state index in [0.29, 0.717) is 18.5 Å². The summed E-state index contributed by atoms with van der Waals surface area (Å²) >= 11 is 0. The molecule has 0 aliphatic carbocycles. The second-order valence-corrected chi connectivity index (χ2v) is 7.45. The lowest BCUT2D eigenvalue weighted by Crippen LogP contribution is -2.54. The largest absolute Gasteiger partial charge is 0.388 e. The molecule has 1 saturated heterocycles. The van der Waals surface area contributed by atoms with Gasteiger partial charge < -0.3 is 14.6 Å². The monoisotopic (exact) mass is 383 g/mol. The fourth-order valence-electron chi connectivity index (χ4n) is 3.72. The highest BCUT2D eigenvalue weighted by atomic mass is 16.3. The van der Waals surface area contributed by atoms with E-state index in [0.717, 1.165) is 11.0 Å². The van der Waals surface area contributed by atoms with Gasteiger partial charge in [0, 0.05) is 38.0 Å². The number of carbonyl (C=O) groups excluding carboxylic acids is 1. The van der Waals surface area contributed by atoms with Gasteiger partial charge in [-0.15, -0.1) is 0 Å². The number of aromatic amines is 1. The summed E-state index contributed by atoms with van der Waals surface area (Å²) < 4.78 is 3.16. The molecule has 2 atom stereocenters. The summed E-state index contributed by atoms with van der Waals surface area (Å²) in [7, 11) is 1.88. The number of piperidine rings is 1. The van der Waals surface area contributed by atoms with Crippen LogP contribution in [0.4, 0.5) is 0 Å². The number of aryl methyl sites for hydroxylation is 1.